The smallest absolute Gasteiger partial charge is 0.274 e. The van der Waals surface area contributed by atoms with Gasteiger partial charge in [0.15, 0.2) is 0 Å². The first-order chi connectivity index (χ1) is 4.66. The lowest BCUT2D eigenvalue weighted by Gasteiger charge is -2.04. The average molecular weight is 146 g/mol. The van der Waals surface area contributed by atoms with Crippen molar-refractivity contribution in [3.63, 3.8) is 0 Å². The van der Waals surface area contributed by atoms with Crippen LogP contribution in [0.3, 0.4) is 0 Å². The van der Waals surface area contributed by atoms with E-state index in [-0.39, 0.29) is 5.91 Å². The Morgan fingerprint density at radius 1 is 1.10 bits per heavy atom. The minimum absolute atomic E-state index is 0.328. The summed E-state index contributed by atoms with van der Waals surface area (Å²) >= 11 is 0. The van der Waals surface area contributed by atoms with Crippen LogP contribution in [0, 0.1) is 0 Å². The lowest BCUT2D eigenvalue weighted by molar-refractivity contribution is -0.119. The molecule has 0 aromatic rings. The van der Waals surface area contributed by atoms with E-state index in [4.69, 9.17) is 0 Å². The first kappa shape index (κ1) is 8.70. The molecule has 0 rings (SSSR count). The number of hydrazine groups is 2. The summed E-state index contributed by atoms with van der Waals surface area (Å²) in [6, 6.07) is -0.516. The highest BCUT2D eigenvalue weighted by Gasteiger charge is 1.95. The highest BCUT2D eigenvalue weighted by Crippen LogP contribution is 1.56. The number of urea groups is 1. The lowest BCUT2D eigenvalue weighted by atomic mass is 10.8. The number of carbonyl (C=O) groups is 2. The molecule has 6 nitrogen and oxygen atoms in total. The Balaban J connectivity index is 3.30. The van der Waals surface area contributed by atoms with Crippen molar-refractivity contribution in [3.8, 4) is 0 Å². The summed E-state index contributed by atoms with van der Waals surface area (Å²) in [5.74, 6) is -0.328. The van der Waals surface area contributed by atoms with Gasteiger partial charge in [0.2, 0.25) is 5.91 Å². The summed E-state index contributed by atoms with van der Waals surface area (Å²) in [5.41, 5.74) is 8.72. The molecule has 0 saturated heterocycles. The molecular weight excluding hydrogens is 136 g/mol. The van der Waals surface area contributed by atoms with E-state index in [2.05, 4.69) is 21.7 Å². The van der Waals surface area contributed by atoms with Gasteiger partial charge < -0.3 is 0 Å². The second-order valence-corrected chi connectivity index (χ2v) is 1.51. The highest BCUT2D eigenvalue weighted by molar-refractivity contribution is 5.79. The molecule has 0 atom stereocenters. The molecule has 0 aliphatic rings. The third-order valence-electron chi connectivity index (χ3n) is 0.591. The Hall–Kier alpha value is -1.30. The quantitative estimate of drug-likeness (QED) is 0.339. The molecule has 0 fully saturated rings. The summed E-state index contributed by atoms with van der Waals surface area (Å²) in [7, 11) is 1.54. The van der Waals surface area contributed by atoms with Gasteiger partial charge >= 0.3 is 6.03 Å². The topological polar surface area (TPSA) is 82.3 Å². The zero-order valence-corrected chi connectivity index (χ0v) is 5.82. The molecule has 0 aromatic carbocycles. The van der Waals surface area contributed by atoms with E-state index in [9.17, 15) is 9.59 Å². The fourth-order valence-corrected chi connectivity index (χ4v) is 0.290. The van der Waals surface area contributed by atoms with Crippen LogP contribution in [0.4, 0.5) is 4.79 Å². The molecule has 10 heavy (non-hydrogen) atoms. The van der Waals surface area contributed by atoms with E-state index in [1.165, 1.54) is 14.0 Å². The number of carbonyl (C=O) groups excluding carboxylic acids is 2. The van der Waals surface area contributed by atoms with Crippen molar-refractivity contribution >= 4 is 11.9 Å². The van der Waals surface area contributed by atoms with Crippen molar-refractivity contribution in [2.45, 2.75) is 6.92 Å². The molecular formula is C4H10N4O2. The van der Waals surface area contributed by atoms with E-state index in [0.717, 1.165) is 0 Å². The van der Waals surface area contributed by atoms with E-state index < -0.39 is 6.03 Å². The van der Waals surface area contributed by atoms with Gasteiger partial charge in [-0.05, 0) is 0 Å². The normalized spacial score (nSPS) is 8.20. The van der Waals surface area contributed by atoms with Crippen LogP contribution >= 0.6 is 0 Å². The van der Waals surface area contributed by atoms with Crippen molar-refractivity contribution in [1.29, 1.82) is 0 Å². The van der Waals surface area contributed by atoms with Gasteiger partial charge in [0.05, 0.1) is 0 Å². The Labute approximate surface area is 58.3 Å². The monoisotopic (exact) mass is 146 g/mol. The predicted octanol–water partition coefficient (Wildman–Crippen LogP) is -1.53. The maximum Gasteiger partial charge on any atom is 0.347 e. The van der Waals surface area contributed by atoms with Gasteiger partial charge in [0, 0.05) is 14.0 Å². The van der Waals surface area contributed by atoms with Crippen LogP contribution in [0.2, 0.25) is 0 Å². The first-order valence-electron chi connectivity index (χ1n) is 2.66. The fraction of sp³-hybridized carbons (Fsp3) is 0.500. The Morgan fingerprint density at radius 2 is 1.70 bits per heavy atom. The Morgan fingerprint density at radius 3 is 2.10 bits per heavy atom. The van der Waals surface area contributed by atoms with Crippen LogP contribution < -0.4 is 21.7 Å². The summed E-state index contributed by atoms with van der Waals surface area (Å²) in [4.78, 5) is 20.6. The van der Waals surface area contributed by atoms with Gasteiger partial charge in [0.25, 0.3) is 0 Å². The number of amides is 3. The van der Waals surface area contributed by atoms with Crippen LogP contribution in [0.25, 0.3) is 0 Å². The van der Waals surface area contributed by atoms with E-state index in [1.54, 1.807) is 0 Å². The van der Waals surface area contributed by atoms with Crippen LogP contribution in [-0.4, -0.2) is 19.0 Å². The second-order valence-electron chi connectivity index (χ2n) is 1.51. The fourth-order valence-electron chi connectivity index (χ4n) is 0.290. The molecule has 4 N–H and O–H groups in total. The molecule has 0 aliphatic carbocycles. The Kier molecular flexibility index (Phi) is 3.97. The molecule has 6 heteroatoms. The van der Waals surface area contributed by atoms with Crippen LogP contribution in [0.1, 0.15) is 6.92 Å². The third-order valence-corrected chi connectivity index (χ3v) is 0.591. The summed E-state index contributed by atoms with van der Waals surface area (Å²) in [6.07, 6.45) is 0. The van der Waals surface area contributed by atoms with Crippen molar-refractivity contribution in [3.05, 3.63) is 0 Å². The summed E-state index contributed by atoms with van der Waals surface area (Å²) in [6.45, 7) is 1.29. The minimum atomic E-state index is -0.516. The SMILES string of the molecule is CNNC(=O)NNC(C)=O. The molecule has 58 valence electrons. The molecule has 0 unspecified atom stereocenters. The molecule has 0 bridgehead atoms. The molecule has 0 heterocycles. The zero-order chi connectivity index (χ0) is 7.98. The van der Waals surface area contributed by atoms with Gasteiger partial charge in [-0.3, -0.25) is 15.6 Å². The molecule has 0 spiro atoms. The molecule has 0 radical (unpaired) electrons. The van der Waals surface area contributed by atoms with Gasteiger partial charge in [-0.2, -0.15) is 0 Å². The maximum atomic E-state index is 10.4. The number of hydrogen-bond donors (Lipinski definition) is 4. The molecule has 0 saturated carbocycles. The van der Waals surface area contributed by atoms with E-state index >= 15 is 0 Å². The minimum Gasteiger partial charge on any atom is -0.274 e. The van der Waals surface area contributed by atoms with Gasteiger partial charge in [-0.25, -0.2) is 15.6 Å². The summed E-state index contributed by atoms with van der Waals surface area (Å²) < 4.78 is 0. The van der Waals surface area contributed by atoms with Crippen molar-refractivity contribution in [2.24, 2.45) is 0 Å². The van der Waals surface area contributed by atoms with Crippen molar-refractivity contribution < 1.29 is 9.59 Å². The Bertz CT molecular complexity index is 135. The van der Waals surface area contributed by atoms with Gasteiger partial charge in [-0.1, -0.05) is 0 Å². The van der Waals surface area contributed by atoms with Gasteiger partial charge in [0.1, 0.15) is 0 Å². The second kappa shape index (κ2) is 4.57. The first-order valence-corrected chi connectivity index (χ1v) is 2.66. The molecule has 0 aliphatic heterocycles. The van der Waals surface area contributed by atoms with Crippen LogP contribution in [0.15, 0.2) is 0 Å². The standard InChI is InChI=1S/C4H10N4O2/c1-3(9)6-8-4(10)7-5-2/h5H,1-2H3,(H,6,9)(H2,7,8,10). The maximum absolute atomic E-state index is 10.4. The van der Waals surface area contributed by atoms with Crippen LogP contribution in [0.5, 0.6) is 0 Å². The van der Waals surface area contributed by atoms with Crippen molar-refractivity contribution in [2.75, 3.05) is 7.05 Å². The average Bonchev–Trinajstić information content (AvgIpc) is 1.85. The number of hydrogen-bond acceptors (Lipinski definition) is 3. The highest BCUT2D eigenvalue weighted by atomic mass is 16.2. The van der Waals surface area contributed by atoms with E-state index in [0.29, 0.717) is 0 Å². The van der Waals surface area contributed by atoms with Crippen molar-refractivity contribution in [1.82, 2.24) is 21.7 Å². The largest absolute Gasteiger partial charge is 0.347 e. The lowest BCUT2D eigenvalue weighted by Crippen LogP contribution is -2.49. The summed E-state index contributed by atoms with van der Waals surface area (Å²) in [5, 5.41) is 0. The number of nitrogens with one attached hydrogen (secondary N) is 4. The zero-order valence-electron chi connectivity index (χ0n) is 5.82. The number of rotatable bonds is 1. The van der Waals surface area contributed by atoms with Gasteiger partial charge in [-0.15, -0.1) is 0 Å². The van der Waals surface area contributed by atoms with Crippen LogP contribution in [-0.2, 0) is 4.79 Å². The van der Waals surface area contributed by atoms with E-state index in [1.807, 2.05) is 0 Å². The third kappa shape index (κ3) is 4.85. The molecule has 0 aromatic heterocycles. The predicted molar refractivity (Wildman–Crippen MR) is 34.5 cm³/mol. The molecule has 3 amide bonds.